The fourth-order valence-corrected chi connectivity index (χ4v) is 3.95. The van der Waals surface area contributed by atoms with Crippen LogP contribution in [0.2, 0.25) is 0 Å². The van der Waals surface area contributed by atoms with E-state index in [1.807, 2.05) is 31.6 Å². The largest absolute Gasteiger partial charge is 0.368 e. The number of pyridine rings is 3. The fourth-order valence-electron chi connectivity index (χ4n) is 3.95. The number of aromatic amines is 1. The lowest BCUT2D eigenvalue weighted by molar-refractivity contribution is 0.249. The van der Waals surface area contributed by atoms with Gasteiger partial charge >= 0.3 is 0 Å². The Morgan fingerprint density at radius 1 is 0.903 bits per heavy atom. The maximum Gasteiger partial charge on any atom is 0.199 e. The van der Waals surface area contributed by atoms with Crippen molar-refractivity contribution in [2.45, 2.75) is 26.8 Å². The normalized spacial score (nSPS) is 15.0. The fraction of sp³-hybridized carbons (Fsp3) is 0.348. The van der Waals surface area contributed by atoms with Crippen LogP contribution in [0.3, 0.4) is 0 Å². The lowest BCUT2D eigenvalue weighted by Gasteiger charge is -2.36. The predicted octanol–water partition coefficient (Wildman–Crippen LogP) is 3.00. The second-order valence-electron chi connectivity index (χ2n) is 7.99. The zero-order valence-electron chi connectivity index (χ0n) is 17.9. The molecule has 1 N–H and O–H groups in total. The van der Waals surface area contributed by atoms with Crippen molar-refractivity contribution in [3.63, 3.8) is 0 Å². The molecule has 158 valence electrons. The molecule has 0 amide bonds. The van der Waals surface area contributed by atoms with Crippen molar-refractivity contribution in [1.29, 1.82) is 0 Å². The minimum absolute atomic E-state index is 0.637. The lowest BCUT2D eigenvalue weighted by Crippen LogP contribution is -2.46. The molecule has 4 aromatic heterocycles. The molecular formula is C23H26N8. The van der Waals surface area contributed by atoms with Crippen molar-refractivity contribution in [1.82, 2.24) is 35.0 Å². The Morgan fingerprint density at radius 3 is 2.29 bits per heavy atom. The number of nitrogens with zero attached hydrogens (tertiary/aromatic N) is 7. The Morgan fingerprint density at radius 2 is 1.65 bits per heavy atom. The number of hydrogen-bond donors (Lipinski definition) is 1. The number of rotatable bonds is 5. The summed E-state index contributed by atoms with van der Waals surface area (Å²) in [6.07, 6.45) is 6.84. The topological polar surface area (TPSA) is 86.7 Å². The molecule has 4 aromatic rings. The highest BCUT2D eigenvalue weighted by Gasteiger charge is 2.18. The lowest BCUT2D eigenvalue weighted by atomic mass is 10.1. The second-order valence-corrected chi connectivity index (χ2v) is 7.99. The molecule has 8 heteroatoms. The van der Waals surface area contributed by atoms with E-state index in [1.165, 1.54) is 11.1 Å². The van der Waals surface area contributed by atoms with Crippen LogP contribution in [0.25, 0.3) is 22.6 Å². The Kier molecular flexibility index (Phi) is 5.30. The third-order valence-corrected chi connectivity index (χ3v) is 5.77. The first-order valence-electron chi connectivity index (χ1n) is 10.7. The minimum Gasteiger partial charge on any atom is -0.368 e. The highest BCUT2D eigenvalue weighted by atomic mass is 15.3. The second kappa shape index (κ2) is 8.39. The number of aromatic nitrogens is 6. The first kappa shape index (κ1) is 19.6. The van der Waals surface area contributed by atoms with Crippen molar-refractivity contribution in [2.24, 2.45) is 0 Å². The summed E-state index contributed by atoms with van der Waals surface area (Å²) < 4.78 is 0. The molecule has 5 heterocycles. The summed E-state index contributed by atoms with van der Waals surface area (Å²) in [4.78, 5) is 23.0. The van der Waals surface area contributed by atoms with Gasteiger partial charge in [-0.3, -0.25) is 25.0 Å². The third-order valence-electron chi connectivity index (χ3n) is 5.77. The molecule has 31 heavy (non-hydrogen) atoms. The van der Waals surface area contributed by atoms with E-state index in [1.54, 1.807) is 0 Å². The molecule has 0 aliphatic carbocycles. The van der Waals surface area contributed by atoms with Gasteiger partial charge in [-0.05, 0) is 48.7 Å². The molecule has 0 bridgehead atoms. The molecule has 8 nitrogen and oxygen atoms in total. The monoisotopic (exact) mass is 414 g/mol. The SMILES string of the molecule is CCc1cnc2cc(CN3CCN(c4ccc(-c5n[nH]c(C)n5)nc4)CC3)cnc2c1. The summed E-state index contributed by atoms with van der Waals surface area (Å²) in [5, 5.41) is 7.04. The van der Waals surface area contributed by atoms with E-state index in [0.29, 0.717) is 5.82 Å². The zero-order valence-corrected chi connectivity index (χ0v) is 17.9. The van der Waals surface area contributed by atoms with Gasteiger partial charge in [0.05, 0.1) is 22.9 Å². The van der Waals surface area contributed by atoms with E-state index in [0.717, 1.165) is 67.4 Å². The van der Waals surface area contributed by atoms with E-state index in [-0.39, 0.29) is 0 Å². The van der Waals surface area contributed by atoms with Gasteiger partial charge in [0.25, 0.3) is 0 Å². The zero-order chi connectivity index (χ0) is 21.2. The van der Waals surface area contributed by atoms with Gasteiger partial charge in [-0.25, -0.2) is 4.98 Å². The van der Waals surface area contributed by atoms with Gasteiger partial charge in [0.15, 0.2) is 5.82 Å². The average Bonchev–Trinajstić information content (AvgIpc) is 3.25. The standard InChI is InChI=1S/C23H26N8/c1-3-17-10-21-22(24-12-17)11-18(13-25-21)15-30-6-8-31(9-7-30)19-4-5-20(26-14-19)23-27-16(2)28-29-23/h4-5,10-14H,3,6-9,15H2,1-2H3,(H,27,28,29). The number of hydrogen-bond acceptors (Lipinski definition) is 7. The Hall–Kier alpha value is -3.39. The number of fused-ring (bicyclic) bond motifs is 1. The maximum absolute atomic E-state index is 4.63. The van der Waals surface area contributed by atoms with Crippen LogP contribution in [-0.2, 0) is 13.0 Å². The molecule has 1 aliphatic rings. The molecule has 0 spiro atoms. The molecule has 1 aliphatic heterocycles. The molecule has 0 unspecified atom stereocenters. The van der Waals surface area contributed by atoms with E-state index < -0.39 is 0 Å². The van der Waals surface area contributed by atoms with Gasteiger partial charge in [0, 0.05) is 45.1 Å². The molecule has 0 aromatic carbocycles. The van der Waals surface area contributed by atoms with Gasteiger partial charge in [0.1, 0.15) is 11.5 Å². The predicted molar refractivity (Wildman–Crippen MR) is 121 cm³/mol. The smallest absolute Gasteiger partial charge is 0.199 e. The molecule has 0 radical (unpaired) electrons. The molecule has 0 saturated carbocycles. The van der Waals surface area contributed by atoms with Crippen LogP contribution < -0.4 is 4.90 Å². The van der Waals surface area contributed by atoms with Gasteiger partial charge in [-0.2, -0.15) is 5.10 Å². The van der Waals surface area contributed by atoms with Crippen LogP contribution in [0.5, 0.6) is 0 Å². The summed E-state index contributed by atoms with van der Waals surface area (Å²) in [6, 6.07) is 8.39. The van der Waals surface area contributed by atoms with Gasteiger partial charge in [0.2, 0.25) is 0 Å². The summed E-state index contributed by atoms with van der Waals surface area (Å²) in [7, 11) is 0. The van der Waals surface area contributed by atoms with Crippen LogP contribution >= 0.6 is 0 Å². The number of anilines is 1. The van der Waals surface area contributed by atoms with Crippen molar-refractivity contribution in [2.75, 3.05) is 31.1 Å². The highest BCUT2D eigenvalue weighted by Crippen LogP contribution is 2.20. The van der Waals surface area contributed by atoms with Crippen molar-refractivity contribution >= 4 is 16.7 Å². The van der Waals surface area contributed by atoms with Crippen molar-refractivity contribution in [3.8, 4) is 11.5 Å². The number of H-pyrrole nitrogens is 1. The Bertz CT molecular complexity index is 1180. The summed E-state index contributed by atoms with van der Waals surface area (Å²) in [5.41, 5.74) is 6.31. The van der Waals surface area contributed by atoms with Crippen molar-refractivity contribution < 1.29 is 0 Å². The molecular weight excluding hydrogens is 388 g/mol. The first-order valence-corrected chi connectivity index (χ1v) is 10.7. The minimum atomic E-state index is 0.637. The van der Waals surface area contributed by atoms with Gasteiger partial charge < -0.3 is 4.90 Å². The molecule has 0 atom stereocenters. The summed E-state index contributed by atoms with van der Waals surface area (Å²) in [5.74, 6) is 1.43. The molecule has 1 saturated heterocycles. The summed E-state index contributed by atoms with van der Waals surface area (Å²) in [6.45, 7) is 8.87. The summed E-state index contributed by atoms with van der Waals surface area (Å²) >= 11 is 0. The van der Waals surface area contributed by atoms with Gasteiger partial charge in [-0.1, -0.05) is 6.92 Å². The molecule has 1 fully saturated rings. The average molecular weight is 415 g/mol. The van der Waals surface area contributed by atoms with E-state index in [2.05, 4.69) is 65.1 Å². The third kappa shape index (κ3) is 4.25. The van der Waals surface area contributed by atoms with Crippen LogP contribution in [-0.4, -0.2) is 61.2 Å². The van der Waals surface area contributed by atoms with E-state index in [9.17, 15) is 0 Å². The van der Waals surface area contributed by atoms with Crippen LogP contribution in [0.1, 0.15) is 23.9 Å². The number of nitrogens with one attached hydrogen (secondary N) is 1. The number of aryl methyl sites for hydroxylation is 2. The first-order chi connectivity index (χ1) is 15.2. The van der Waals surface area contributed by atoms with Crippen LogP contribution in [0.15, 0.2) is 42.9 Å². The van der Waals surface area contributed by atoms with Gasteiger partial charge in [-0.15, -0.1) is 0 Å². The Balaban J connectivity index is 1.20. The highest BCUT2D eigenvalue weighted by molar-refractivity contribution is 5.74. The number of piperazine rings is 1. The maximum atomic E-state index is 4.63. The van der Waals surface area contributed by atoms with Crippen LogP contribution in [0, 0.1) is 6.92 Å². The molecule has 5 rings (SSSR count). The Labute approximate surface area is 181 Å². The van der Waals surface area contributed by atoms with E-state index >= 15 is 0 Å². The quantitative estimate of drug-likeness (QED) is 0.537. The van der Waals surface area contributed by atoms with Crippen LogP contribution in [0.4, 0.5) is 5.69 Å². The van der Waals surface area contributed by atoms with Crippen molar-refractivity contribution in [3.05, 3.63) is 59.8 Å². The van der Waals surface area contributed by atoms with E-state index in [4.69, 9.17) is 0 Å².